The summed E-state index contributed by atoms with van der Waals surface area (Å²) in [7, 11) is 0. The number of thiophene rings is 1. The van der Waals surface area contributed by atoms with Crippen LogP contribution in [0.25, 0.3) is 0 Å². The van der Waals surface area contributed by atoms with Gasteiger partial charge in [0, 0.05) is 16.5 Å². The third-order valence-electron chi connectivity index (χ3n) is 3.55. The number of hydrogen-bond acceptors (Lipinski definition) is 4. The normalized spacial score (nSPS) is 17.8. The second kappa shape index (κ2) is 6.10. The Labute approximate surface area is 126 Å². The summed E-state index contributed by atoms with van der Waals surface area (Å²) in [6.07, 6.45) is 3.86. The van der Waals surface area contributed by atoms with Crippen LogP contribution in [0.4, 0.5) is 5.00 Å². The minimum Gasteiger partial charge on any atom is -0.478 e. The highest BCUT2D eigenvalue weighted by molar-refractivity contribution is 7.16. The van der Waals surface area contributed by atoms with Crippen LogP contribution in [0, 0.1) is 17.2 Å². The van der Waals surface area contributed by atoms with Crippen LogP contribution in [0.1, 0.15) is 36.3 Å². The molecule has 1 aliphatic rings. The number of nitriles is 1. The molecule has 5 nitrogen and oxygen atoms in total. The van der Waals surface area contributed by atoms with Gasteiger partial charge in [-0.1, -0.05) is 6.92 Å². The molecule has 6 heteroatoms. The molecule has 1 heterocycles. The third-order valence-corrected chi connectivity index (χ3v) is 4.71. The van der Waals surface area contributed by atoms with Crippen molar-refractivity contribution < 1.29 is 14.7 Å². The summed E-state index contributed by atoms with van der Waals surface area (Å²) < 4.78 is 0. The molecule has 1 atom stereocenters. The number of carbonyl (C=O) groups excluding carboxylic acids is 1. The zero-order chi connectivity index (χ0) is 15.6. The molecule has 0 saturated heterocycles. The highest BCUT2D eigenvalue weighted by Crippen LogP contribution is 2.39. The van der Waals surface area contributed by atoms with Crippen molar-refractivity contribution in [1.82, 2.24) is 0 Å². The molecule has 0 saturated carbocycles. The summed E-state index contributed by atoms with van der Waals surface area (Å²) >= 11 is 1.42. The summed E-state index contributed by atoms with van der Waals surface area (Å²) in [5.41, 5.74) is 1.52. The molecular weight excluding hydrogens is 288 g/mol. The maximum absolute atomic E-state index is 11.8. The Kier molecular flexibility index (Phi) is 4.43. The Balaban J connectivity index is 2.26. The van der Waals surface area contributed by atoms with Gasteiger partial charge in [0.05, 0.1) is 5.56 Å². The van der Waals surface area contributed by atoms with Crippen LogP contribution in [-0.2, 0) is 22.4 Å². The standard InChI is InChI=1S/C15H16N2O3S/c1-8-3-4-10-11(7-16)14(21-12(10)5-8)17-13(18)6-9(2)15(19)20/h6,8H,3-5H2,1-2H3,(H,17,18)(H,19,20). The van der Waals surface area contributed by atoms with Gasteiger partial charge in [0.25, 0.3) is 0 Å². The fourth-order valence-corrected chi connectivity index (χ4v) is 3.73. The second-order valence-electron chi connectivity index (χ2n) is 5.29. The van der Waals surface area contributed by atoms with Crippen molar-refractivity contribution in [3.8, 4) is 6.07 Å². The van der Waals surface area contributed by atoms with Gasteiger partial charge in [-0.3, -0.25) is 4.79 Å². The predicted octanol–water partition coefficient (Wildman–Crippen LogP) is 2.71. The number of aliphatic carboxylic acids is 1. The first-order valence-electron chi connectivity index (χ1n) is 6.69. The molecule has 1 unspecified atom stereocenters. The Hall–Kier alpha value is -2.13. The molecule has 0 aliphatic heterocycles. The number of nitrogens with zero attached hydrogens (tertiary/aromatic N) is 1. The molecule has 2 N–H and O–H groups in total. The van der Waals surface area contributed by atoms with Gasteiger partial charge in [0.2, 0.25) is 5.91 Å². The van der Waals surface area contributed by atoms with E-state index in [0.29, 0.717) is 16.5 Å². The Morgan fingerprint density at radius 2 is 2.24 bits per heavy atom. The third kappa shape index (κ3) is 3.31. The van der Waals surface area contributed by atoms with Crippen LogP contribution in [0.15, 0.2) is 11.6 Å². The number of carbonyl (C=O) groups is 2. The summed E-state index contributed by atoms with van der Waals surface area (Å²) in [4.78, 5) is 23.7. The number of rotatable bonds is 3. The molecule has 0 aromatic carbocycles. The molecule has 21 heavy (non-hydrogen) atoms. The monoisotopic (exact) mass is 304 g/mol. The number of fused-ring (bicyclic) bond motifs is 1. The van der Waals surface area contributed by atoms with Crippen LogP contribution < -0.4 is 5.32 Å². The highest BCUT2D eigenvalue weighted by atomic mass is 32.1. The fraction of sp³-hybridized carbons (Fsp3) is 0.400. The minimum atomic E-state index is -1.13. The Bertz CT molecular complexity index is 667. The average molecular weight is 304 g/mol. The minimum absolute atomic E-state index is 0.0408. The highest BCUT2D eigenvalue weighted by Gasteiger charge is 2.24. The molecule has 1 aromatic rings. The first-order chi connectivity index (χ1) is 9.92. The van der Waals surface area contributed by atoms with Crippen LogP contribution in [0.2, 0.25) is 0 Å². The number of anilines is 1. The van der Waals surface area contributed by atoms with Crippen molar-refractivity contribution in [2.75, 3.05) is 5.32 Å². The molecule has 1 aliphatic carbocycles. The number of amides is 1. The molecule has 0 fully saturated rings. The van der Waals surface area contributed by atoms with Crippen molar-refractivity contribution >= 4 is 28.2 Å². The number of hydrogen-bond donors (Lipinski definition) is 2. The van der Waals surface area contributed by atoms with Crippen LogP contribution >= 0.6 is 11.3 Å². The lowest BCUT2D eigenvalue weighted by atomic mass is 9.89. The summed E-state index contributed by atoms with van der Waals surface area (Å²) in [5.74, 6) is -1.07. The number of nitrogens with one attached hydrogen (secondary N) is 1. The summed E-state index contributed by atoms with van der Waals surface area (Å²) in [6, 6.07) is 2.16. The van der Waals surface area contributed by atoms with Crippen molar-refractivity contribution in [3.63, 3.8) is 0 Å². The quantitative estimate of drug-likeness (QED) is 0.840. The van der Waals surface area contributed by atoms with Crippen LogP contribution in [-0.4, -0.2) is 17.0 Å². The topological polar surface area (TPSA) is 90.2 Å². The smallest absolute Gasteiger partial charge is 0.331 e. The summed E-state index contributed by atoms with van der Waals surface area (Å²) in [6.45, 7) is 3.53. The first-order valence-corrected chi connectivity index (χ1v) is 7.51. The van der Waals surface area contributed by atoms with Gasteiger partial charge in [-0.2, -0.15) is 5.26 Å². The average Bonchev–Trinajstić information content (AvgIpc) is 2.74. The van der Waals surface area contributed by atoms with Gasteiger partial charge in [0.15, 0.2) is 0 Å². The van der Waals surface area contributed by atoms with E-state index >= 15 is 0 Å². The van der Waals surface area contributed by atoms with Gasteiger partial charge < -0.3 is 10.4 Å². The predicted molar refractivity (Wildman–Crippen MR) is 80.2 cm³/mol. The maximum atomic E-state index is 11.8. The van der Waals surface area contributed by atoms with E-state index in [1.165, 1.54) is 18.3 Å². The fourth-order valence-electron chi connectivity index (χ4n) is 2.36. The van der Waals surface area contributed by atoms with E-state index in [1.54, 1.807) is 0 Å². The lowest BCUT2D eigenvalue weighted by Gasteiger charge is -2.17. The van der Waals surface area contributed by atoms with Gasteiger partial charge in [-0.25, -0.2) is 4.79 Å². The van der Waals surface area contributed by atoms with E-state index in [4.69, 9.17) is 5.11 Å². The van der Waals surface area contributed by atoms with E-state index < -0.39 is 11.9 Å². The Morgan fingerprint density at radius 3 is 2.86 bits per heavy atom. The van der Waals surface area contributed by atoms with Crippen molar-refractivity contribution in [2.45, 2.75) is 33.1 Å². The second-order valence-corrected chi connectivity index (χ2v) is 6.39. The van der Waals surface area contributed by atoms with E-state index in [-0.39, 0.29) is 5.57 Å². The van der Waals surface area contributed by atoms with Crippen molar-refractivity contribution in [3.05, 3.63) is 27.7 Å². The van der Waals surface area contributed by atoms with Gasteiger partial charge in [-0.05, 0) is 37.7 Å². The van der Waals surface area contributed by atoms with Crippen molar-refractivity contribution in [2.24, 2.45) is 5.92 Å². The molecule has 110 valence electrons. The van der Waals surface area contributed by atoms with E-state index in [9.17, 15) is 14.9 Å². The number of carboxylic acids is 1. The lowest BCUT2D eigenvalue weighted by Crippen LogP contribution is -2.11. The molecule has 2 rings (SSSR count). The molecule has 0 spiro atoms. The largest absolute Gasteiger partial charge is 0.478 e. The summed E-state index contributed by atoms with van der Waals surface area (Å²) in [5, 5.41) is 21.2. The van der Waals surface area contributed by atoms with Gasteiger partial charge >= 0.3 is 5.97 Å². The zero-order valence-electron chi connectivity index (χ0n) is 11.9. The number of carboxylic acid groups (broad SMARTS) is 1. The van der Waals surface area contributed by atoms with Crippen LogP contribution in [0.5, 0.6) is 0 Å². The van der Waals surface area contributed by atoms with E-state index in [1.807, 2.05) is 0 Å². The van der Waals surface area contributed by atoms with Gasteiger partial charge in [-0.15, -0.1) is 11.3 Å². The van der Waals surface area contributed by atoms with E-state index in [2.05, 4.69) is 18.3 Å². The molecule has 1 aromatic heterocycles. The van der Waals surface area contributed by atoms with Crippen molar-refractivity contribution in [1.29, 1.82) is 5.26 Å². The molecule has 0 radical (unpaired) electrons. The lowest BCUT2D eigenvalue weighted by molar-refractivity contribution is -0.132. The zero-order valence-corrected chi connectivity index (χ0v) is 12.7. The molecule has 0 bridgehead atoms. The first kappa shape index (κ1) is 15.3. The van der Waals surface area contributed by atoms with Gasteiger partial charge in [0.1, 0.15) is 11.1 Å². The van der Waals surface area contributed by atoms with Crippen LogP contribution in [0.3, 0.4) is 0 Å². The molecule has 1 amide bonds. The maximum Gasteiger partial charge on any atom is 0.331 e. The Morgan fingerprint density at radius 1 is 1.52 bits per heavy atom. The molecular formula is C15H16N2O3S. The SMILES string of the molecule is CC(=CC(=O)Nc1sc2c(c1C#N)CCC(C)C2)C(=O)O. The van der Waals surface area contributed by atoms with E-state index in [0.717, 1.165) is 35.8 Å².